The van der Waals surface area contributed by atoms with Gasteiger partial charge in [0.15, 0.2) is 0 Å². The second-order valence-corrected chi connectivity index (χ2v) is 2.72. The number of nitrogens with two attached hydrogens (primary N) is 1. The number of rotatable bonds is 3. The van der Waals surface area contributed by atoms with Gasteiger partial charge in [-0.15, -0.1) is 0 Å². The maximum absolute atomic E-state index is 10.1. The Balaban J connectivity index is 3.72. The first-order valence-electron chi connectivity index (χ1n) is 2.32. The highest BCUT2D eigenvalue weighted by atomic mass is 79.9. The molecule has 0 bridgehead atoms. The number of hydrogen-bond donors (Lipinski definition) is 3. The fourth-order valence-electron chi connectivity index (χ4n) is 0.278. The van der Waals surface area contributed by atoms with E-state index in [0.29, 0.717) is 0 Å². The Hall–Kier alpha value is -0.130. The van der Waals surface area contributed by atoms with Gasteiger partial charge in [0.1, 0.15) is 6.10 Å². The summed E-state index contributed by atoms with van der Waals surface area (Å²) in [6, 6.07) is 0. The first-order valence-corrected chi connectivity index (χ1v) is 3.23. The van der Waals surface area contributed by atoms with Crippen LogP contribution in [0.2, 0.25) is 0 Å². The van der Waals surface area contributed by atoms with Gasteiger partial charge in [0, 0.05) is 0 Å². The van der Waals surface area contributed by atoms with Crippen molar-refractivity contribution >= 4 is 21.8 Å². The zero-order chi connectivity index (χ0) is 7.44. The fourth-order valence-corrected chi connectivity index (χ4v) is 0.539. The molecular formula is C4H8BrNO3. The number of primary amides is 1. The minimum absolute atomic E-state index is 0.315. The summed E-state index contributed by atoms with van der Waals surface area (Å²) in [5.74, 6) is -0.842. The van der Waals surface area contributed by atoms with E-state index in [4.69, 9.17) is 10.2 Å². The summed E-state index contributed by atoms with van der Waals surface area (Å²) in [5, 5.41) is 17.1. The SMILES string of the molecule is NC(=O)[C@@H](O)[C@@H](Br)CO. The number of amides is 1. The summed E-state index contributed by atoms with van der Waals surface area (Å²) in [4.78, 5) is 9.47. The van der Waals surface area contributed by atoms with Crippen LogP contribution < -0.4 is 5.73 Å². The van der Waals surface area contributed by atoms with Gasteiger partial charge in [-0.1, -0.05) is 15.9 Å². The van der Waals surface area contributed by atoms with Crippen molar-refractivity contribution in [3.63, 3.8) is 0 Å². The molecule has 4 N–H and O–H groups in total. The number of hydrogen-bond acceptors (Lipinski definition) is 3. The van der Waals surface area contributed by atoms with Gasteiger partial charge in [0.25, 0.3) is 0 Å². The smallest absolute Gasteiger partial charge is 0.247 e. The summed E-state index contributed by atoms with van der Waals surface area (Å²) in [7, 11) is 0. The monoisotopic (exact) mass is 197 g/mol. The molecule has 0 heterocycles. The van der Waals surface area contributed by atoms with E-state index < -0.39 is 16.8 Å². The molecule has 5 heteroatoms. The van der Waals surface area contributed by atoms with E-state index in [1.165, 1.54) is 0 Å². The highest BCUT2D eigenvalue weighted by Gasteiger charge is 2.19. The first kappa shape index (κ1) is 8.87. The summed E-state index contributed by atoms with van der Waals surface area (Å²) >= 11 is 2.84. The van der Waals surface area contributed by atoms with E-state index in [1.54, 1.807) is 0 Å². The number of halogens is 1. The largest absolute Gasteiger partial charge is 0.395 e. The molecule has 0 saturated heterocycles. The molecule has 0 aromatic rings. The predicted molar refractivity (Wildman–Crippen MR) is 35.0 cm³/mol. The molecule has 0 aromatic carbocycles. The molecule has 0 spiro atoms. The van der Waals surface area contributed by atoms with Crippen molar-refractivity contribution in [2.45, 2.75) is 10.9 Å². The lowest BCUT2D eigenvalue weighted by molar-refractivity contribution is -0.126. The molecule has 4 nitrogen and oxygen atoms in total. The van der Waals surface area contributed by atoms with E-state index in [2.05, 4.69) is 21.7 Å². The van der Waals surface area contributed by atoms with Crippen LogP contribution >= 0.6 is 15.9 Å². The number of alkyl halides is 1. The van der Waals surface area contributed by atoms with Gasteiger partial charge < -0.3 is 15.9 Å². The van der Waals surface area contributed by atoms with Gasteiger partial charge in [-0.3, -0.25) is 4.79 Å². The lowest BCUT2D eigenvalue weighted by atomic mass is 10.2. The molecule has 0 fully saturated rings. The average molecular weight is 198 g/mol. The standard InChI is InChI=1S/C4H8BrNO3/c5-2(1-7)3(8)4(6)9/h2-3,7-8H,1H2,(H2,6,9)/t2-,3-/m0/s1. The van der Waals surface area contributed by atoms with Crippen LogP contribution in [0, 0.1) is 0 Å². The predicted octanol–water partition coefficient (Wildman–Crippen LogP) is -1.41. The van der Waals surface area contributed by atoms with Crippen molar-refractivity contribution in [2.75, 3.05) is 6.61 Å². The molecule has 1 amide bonds. The van der Waals surface area contributed by atoms with Gasteiger partial charge >= 0.3 is 0 Å². The Kier molecular flexibility index (Phi) is 3.76. The van der Waals surface area contributed by atoms with Gasteiger partial charge in [-0.2, -0.15) is 0 Å². The highest BCUT2D eigenvalue weighted by Crippen LogP contribution is 2.03. The van der Waals surface area contributed by atoms with Gasteiger partial charge in [-0.25, -0.2) is 0 Å². The zero-order valence-electron chi connectivity index (χ0n) is 4.62. The highest BCUT2D eigenvalue weighted by molar-refractivity contribution is 9.09. The Morgan fingerprint density at radius 2 is 2.22 bits per heavy atom. The fraction of sp³-hybridized carbons (Fsp3) is 0.750. The minimum Gasteiger partial charge on any atom is -0.395 e. The molecule has 0 radical (unpaired) electrons. The van der Waals surface area contributed by atoms with E-state index >= 15 is 0 Å². The van der Waals surface area contributed by atoms with Crippen LogP contribution in [0.3, 0.4) is 0 Å². The van der Waals surface area contributed by atoms with E-state index in [9.17, 15) is 4.79 Å². The molecule has 0 saturated carbocycles. The molecular weight excluding hydrogens is 190 g/mol. The maximum atomic E-state index is 10.1. The Labute approximate surface area is 60.8 Å². The van der Waals surface area contributed by atoms with Crippen molar-refractivity contribution in [3.8, 4) is 0 Å². The molecule has 9 heavy (non-hydrogen) atoms. The summed E-state index contributed by atoms with van der Waals surface area (Å²) in [6.45, 7) is -0.315. The molecule has 2 atom stereocenters. The van der Waals surface area contributed by atoms with Crippen LogP contribution in [0.15, 0.2) is 0 Å². The second-order valence-electron chi connectivity index (χ2n) is 1.55. The van der Waals surface area contributed by atoms with Crippen LogP contribution in [0.4, 0.5) is 0 Å². The van der Waals surface area contributed by atoms with Crippen LogP contribution in [0.5, 0.6) is 0 Å². The normalized spacial score (nSPS) is 16.8. The number of carbonyl (C=O) groups is 1. The number of carbonyl (C=O) groups excluding carboxylic acids is 1. The lowest BCUT2D eigenvalue weighted by Crippen LogP contribution is -2.37. The third-order valence-electron chi connectivity index (χ3n) is 0.809. The molecule has 0 aliphatic heterocycles. The van der Waals surface area contributed by atoms with Crippen LogP contribution in [-0.2, 0) is 4.79 Å². The number of aliphatic hydroxyl groups is 2. The van der Waals surface area contributed by atoms with Crippen LogP contribution in [0.1, 0.15) is 0 Å². The molecule has 0 aliphatic rings. The third-order valence-corrected chi connectivity index (χ3v) is 1.60. The third kappa shape index (κ3) is 2.78. The minimum atomic E-state index is -1.31. The first-order chi connectivity index (χ1) is 4.09. The molecule has 0 rings (SSSR count). The molecule has 0 unspecified atom stereocenters. The van der Waals surface area contributed by atoms with E-state index in [1.807, 2.05) is 0 Å². The molecule has 0 aliphatic carbocycles. The van der Waals surface area contributed by atoms with Crippen LogP contribution in [0.25, 0.3) is 0 Å². The van der Waals surface area contributed by atoms with E-state index in [0.717, 1.165) is 0 Å². The van der Waals surface area contributed by atoms with Crippen molar-refractivity contribution in [1.82, 2.24) is 0 Å². The van der Waals surface area contributed by atoms with Crippen LogP contribution in [-0.4, -0.2) is 33.7 Å². The maximum Gasteiger partial charge on any atom is 0.247 e. The average Bonchev–Trinajstić information content (AvgIpc) is 1.84. The van der Waals surface area contributed by atoms with Gasteiger partial charge in [-0.05, 0) is 0 Å². The topological polar surface area (TPSA) is 83.6 Å². The summed E-state index contributed by atoms with van der Waals surface area (Å²) in [6.07, 6.45) is -1.31. The number of aliphatic hydroxyl groups excluding tert-OH is 2. The van der Waals surface area contributed by atoms with Crippen molar-refractivity contribution in [2.24, 2.45) is 5.73 Å². The Morgan fingerprint density at radius 3 is 2.33 bits per heavy atom. The Morgan fingerprint density at radius 1 is 1.78 bits per heavy atom. The van der Waals surface area contributed by atoms with Gasteiger partial charge in [0.05, 0.1) is 11.4 Å². The van der Waals surface area contributed by atoms with Crippen molar-refractivity contribution in [1.29, 1.82) is 0 Å². The molecule has 0 aromatic heterocycles. The summed E-state index contributed by atoms with van der Waals surface area (Å²) < 4.78 is 0. The van der Waals surface area contributed by atoms with Crippen molar-refractivity contribution < 1.29 is 15.0 Å². The summed E-state index contributed by atoms with van der Waals surface area (Å²) in [5.41, 5.74) is 4.68. The quantitative estimate of drug-likeness (QED) is 0.487. The zero-order valence-corrected chi connectivity index (χ0v) is 6.21. The Bertz CT molecular complexity index is 108. The lowest BCUT2D eigenvalue weighted by Gasteiger charge is -2.09. The molecule has 54 valence electrons. The van der Waals surface area contributed by atoms with Gasteiger partial charge in [0.2, 0.25) is 5.91 Å². The van der Waals surface area contributed by atoms with E-state index in [-0.39, 0.29) is 6.61 Å². The second kappa shape index (κ2) is 3.81. The van der Waals surface area contributed by atoms with Crippen molar-refractivity contribution in [3.05, 3.63) is 0 Å².